The Morgan fingerprint density at radius 2 is 1.26 bits per heavy atom. The normalized spacial score (nSPS) is 15.6. The topological polar surface area (TPSA) is 14.8 Å². The maximum Gasteiger partial charge on any atom is 0.0548 e. The highest BCUT2D eigenvalue weighted by Gasteiger charge is 2.29. The molecule has 0 bridgehead atoms. The van der Waals surface area contributed by atoms with E-state index in [4.69, 9.17) is 0 Å². The van der Waals surface area contributed by atoms with Gasteiger partial charge in [-0.1, -0.05) is 78.9 Å². The summed E-state index contributed by atoms with van der Waals surface area (Å²) in [5, 5.41) is 5.38. The minimum absolute atomic E-state index is 0.922. The number of hydrogen-bond donors (Lipinski definition) is 0. The first kappa shape index (κ1) is 23.3. The number of rotatable bonds is 3. The zero-order valence-corrected chi connectivity index (χ0v) is 23.8. The molecule has 10 rings (SSSR count). The average Bonchev–Trinajstić information content (AvgIpc) is 3.86. The fraction of sp³-hybridized carbons (Fsp3) is 0.100. The lowest BCUT2D eigenvalue weighted by atomic mass is 10.0. The molecule has 7 aromatic rings. The third-order valence-electron chi connectivity index (χ3n) is 9.76. The zero-order chi connectivity index (χ0) is 28.1. The van der Waals surface area contributed by atoms with Crippen LogP contribution in [0.5, 0.6) is 0 Å². The van der Waals surface area contributed by atoms with Crippen LogP contribution in [0, 0.1) is 0 Å². The zero-order valence-electron chi connectivity index (χ0n) is 23.8. The second-order valence-electron chi connectivity index (χ2n) is 12.0. The van der Waals surface area contributed by atoms with Crippen molar-refractivity contribution < 1.29 is 0 Å². The third kappa shape index (κ3) is 3.09. The van der Waals surface area contributed by atoms with Crippen LogP contribution in [0.4, 0.5) is 0 Å². The van der Waals surface area contributed by atoms with Gasteiger partial charge in [0.2, 0.25) is 0 Å². The van der Waals surface area contributed by atoms with E-state index >= 15 is 0 Å². The molecule has 204 valence electrons. The molecule has 3 aromatic heterocycles. The molecule has 0 amide bonds. The number of benzene rings is 4. The Morgan fingerprint density at radius 3 is 2.07 bits per heavy atom. The minimum Gasteiger partial charge on any atom is -0.316 e. The SMILES string of the molecule is C1=CCCC(n2c3c(c4ccccc42)C=C(n2c4c(c5c6c7ccccc7n(-c7ccccc7)c6ccc52)C=CC4)C3)=C1. The summed E-state index contributed by atoms with van der Waals surface area (Å²) in [5.41, 5.74) is 14.7. The first-order valence-corrected chi connectivity index (χ1v) is 15.4. The van der Waals surface area contributed by atoms with Gasteiger partial charge in [0.05, 0.1) is 22.1 Å². The Balaban J connectivity index is 1.24. The predicted octanol–water partition coefficient (Wildman–Crippen LogP) is 10.0. The summed E-state index contributed by atoms with van der Waals surface area (Å²) in [6.45, 7) is 0. The molecule has 0 N–H and O–H groups in total. The first-order valence-electron chi connectivity index (χ1n) is 15.4. The molecule has 0 saturated heterocycles. The molecule has 0 fully saturated rings. The predicted molar refractivity (Wildman–Crippen MR) is 181 cm³/mol. The highest BCUT2D eigenvalue weighted by Crippen LogP contribution is 2.46. The summed E-state index contributed by atoms with van der Waals surface area (Å²) in [6.07, 6.45) is 18.0. The highest BCUT2D eigenvalue weighted by atomic mass is 15.1. The number of nitrogens with zero attached hydrogens (tertiary/aromatic N) is 3. The van der Waals surface area contributed by atoms with Gasteiger partial charge in [0.1, 0.15) is 0 Å². The summed E-state index contributed by atoms with van der Waals surface area (Å²) < 4.78 is 7.57. The lowest BCUT2D eigenvalue weighted by molar-refractivity contribution is 0.914. The van der Waals surface area contributed by atoms with Crippen LogP contribution >= 0.6 is 0 Å². The third-order valence-corrected chi connectivity index (χ3v) is 9.76. The van der Waals surface area contributed by atoms with Gasteiger partial charge in [0, 0.05) is 74.0 Å². The summed E-state index contributed by atoms with van der Waals surface area (Å²) in [6, 6.07) is 33.3. The van der Waals surface area contributed by atoms with E-state index in [0.717, 1.165) is 25.7 Å². The first-order chi connectivity index (χ1) is 21.4. The van der Waals surface area contributed by atoms with Crippen molar-refractivity contribution in [3.63, 3.8) is 0 Å². The Hall–Kier alpha value is -5.28. The Bertz CT molecular complexity index is 2430. The van der Waals surface area contributed by atoms with E-state index in [0.29, 0.717) is 0 Å². The van der Waals surface area contributed by atoms with Crippen LogP contribution in [0.25, 0.3) is 72.8 Å². The van der Waals surface area contributed by atoms with E-state index in [-0.39, 0.29) is 0 Å². The van der Waals surface area contributed by atoms with Gasteiger partial charge in [-0.25, -0.2) is 0 Å². The molecule has 0 unspecified atom stereocenters. The monoisotopic (exact) mass is 551 g/mol. The van der Waals surface area contributed by atoms with Gasteiger partial charge in [-0.3, -0.25) is 0 Å². The maximum absolute atomic E-state index is 2.59. The quantitative estimate of drug-likeness (QED) is 0.208. The fourth-order valence-corrected chi connectivity index (χ4v) is 8.06. The van der Waals surface area contributed by atoms with Crippen molar-refractivity contribution in [3.05, 3.63) is 138 Å². The van der Waals surface area contributed by atoms with Crippen molar-refractivity contribution in [1.29, 1.82) is 0 Å². The molecule has 3 heterocycles. The number of para-hydroxylation sites is 3. The van der Waals surface area contributed by atoms with Crippen molar-refractivity contribution in [2.45, 2.75) is 25.7 Å². The van der Waals surface area contributed by atoms with Crippen LogP contribution in [0.2, 0.25) is 0 Å². The molecule has 0 aliphatic heterocycles. The molecule has 0 saturated carbocycles. The Kier molecular flexibility index (Phi) is 4.67. The van der Waals surface area contributed by atoms with Gasteiger partial charge in [0.25, 0.3) is 0 Å². The Morgan fingerprint density at radius 1 is 0.535 bits per heavy atom. The van der Waals surface area contributed by atoms with E-state index in [1.165, 1.54) is 83.2 Å². The van der Waals surface area contributed by atoms with E-state index in [1.54, 1.807) is 0 Å². The molecule has 3 heteroatoms. The fourth-order valence-electron chi connectivity index (χ4n) is 8.06. The van der Waals surface area contributed by atoms with Gasteiger partial charge < -0.3 is 13.7 Å². The number of allylic oxidation sites excluding steroid dienone is 6. The van der Waals surface area contributed by atoms with E-state index in [2.05, 4.69) is 141 Å². The second kappa shape index (κ2) is 8.62. The van der Waals surface area contributed by atoms with Gasteiger partial charge in [0.15, 0.2) is 0 Å². The molecule has 3 aliphatic rings. The van der Waals surface area contributed by atoms with E-state index in [9.17, 15) is 0 Å². The van der Waals surface area contributed by atoms with E-state index < -0.39 is 0 Å². The molecule has 3 nitrogen and oxygen atoms in total. The molecule has 3 aliphatic carbocycles. The molecule has 0 radical (unpaired) electrons. The maximum atomic E-state index is 2.59. The molecule has 43 heavy (non-hydrogen) atoms. The molecule has 4 aromatic carbocycles. The Labute approximate surface area is 249 Å². The average molecular weight is 552 g/mol. The van der Waals surface area contributed by atoms with Gasteiger partial charge in [-0.2, -0.15) is 0 Å². The van der Waals surface area contributed by atoms with Crippen LogP contribution < -0.4 is 0 Å². The van der Waals surface area contributed by atoms with Crippen molar-refractivity contribution in [2.24, 2.45) is 0 Å². The summed E-state index contributed by atoms with van der Waals surface area (Å²) in [7, 11) is 0. The van der Waals surface area contributed by atoms with Gasteiger partial charge in [-0.15, -0.1) is 0 Å². The number of hydrogen-bond acceptors (Lipinski definition) is 0. The number of aromatic nitrogens is 3. The van der Waals surface area contributed by atoms with Crippen molar-refractivity contribution in [1.82, 2.24) is 13.7 Å². The molecular formula is C40H29N3. The van der Waals surface area contributed by atoms with Crippen molar-refractivity contribution in [3.8, 4) is 5.69 Å². The van der Waals surface area contributed by atoms with Crippen molar-refractivity contribution >= 4 is 67.2 Å². The summed E-state index contributed by atoms with van der Waals surface area (Å²) >= 11 is 0. The smallest absolute Gasteiger partial charge is 0.0548 e. The molecule has 0 spiro atoms. The standard InChI is InChI=1S/C40H29N3/c1-3-12-26(13-4-1)41-34-20-10-8-17-30(34)39-36(41)22-23-37-40(39)31-18-11-21-35(31)43(37)28-24-32-29-16-7-9-19-33(29)42(38(32)25-28)27-14-5-2-6-15-27/h1-5,7-14,16-20,22-24H,6,15,21,25H2. The molecule has 0 atom stereocenters. The largest absolute Gasteiger partial charge is 0.316 e. The summed E-state index contributed by atoms with van der Waals surface area (Å²) in [5.74, 6) is 0. The lowest BCUT2D eigenvalue weighted by Gasteiger charge is -2.17. The second-order valence-corrected chi connectivity index (χ2v) is 12.0. The van der Waals surface area contributed by atoms with E-state index in [1.807, 2.05) is 0 Å². The molecular weight excluding hydrogens is 522 g/mol. The van der Waals surface area contributed by atoms with Crippen LogP contribution in [-0.4, -0.2) is 13.7 Å². The van der Waals surface area contributed by atoms with Crippen LogP contribution in [0.15, 0.2) is 115 Å². The van der Waals surface area contributed by atoms with Crippen LogP contribution in [-0.2, 0) is 12.8 Å². The summed E-state index contributed by atoms with van der Waals surface area (Å²) in [4.78, 5) is 0. The minimum atomic E-state index is 0.922. The van der Waals surface area contributed by atoms with Crippen molar-refractivity contribution in [2.75, 3.05) is 0 Å². The highest BCUT2D eigenvalue weighted by molar-refractivity contribution is 6.24. The van der Waals surface area contributed by atoms with Crippen LogP contribution in [0.1, 0.15) is 35.4 Å². The van der Waals surface area contributed by atoms with Gasteiger partial charge in [-0.05, 0) is 61.4 Å². The lowest BCUT2D eigenvalue weighted by Crippen LogP contribution is -2.06. The van der Waals surface area contributed by atoms with Crippen LogP contribution in [0.3, 0.4) is 0 Å². The van der Waals surface area contributed by atoms with Gasteiger partial charge >= 0.3 is 0 Å². The number of fused-ring (bicyclic) bond motifs is 10.